The highest BCUT2D eigenvalue weighted by atomic mass is 28.4. The molecule has 2 rings (SSSR count). The topological polar surface area (TPSA) is 101 Å². The van der Waals surface area contributed by atoms with Crippen LogP contribution in [-0.4, -0.2) is 50.2 Å². The van der Waals surface area contributed by atoms with E-state index in [-0.39, 0.29) is 17.0 Å². The van der Waals surface area contributed by atoms with E-state index in [2.05, 4.69) is 44.2 Å². The lowest BCUT2D eigenvalue weighted by Gasteiger charge is -2.40. The Hall–Kier alpha value is -1.64. The van der Waals surface area contributed by atoms with E-state index in [1.54, 1.807) is 12.3 Å². The first-order valence-electron chi connectivity index (χ1n) is 9.09. The smallest absolute Gasteiger partial charge is 0.412 e. The van der Waals surface area contributed by atoms with Gasteiger partial charge in [0.05, 0.1) is 23.6 Å². The molecule has 0 radical (unpaired) electrons. The van der Waals surface area contributed by atoms with E-state index >= 15 is 0 Å². The molecular weight excluding hydrogens is 348 g/mol. The number of hydrogen-bond acceptors (Lipinski definition) is 5. The highest BCUT2D eigenvalue weighted by Gasteiger charge is 2.38. The quantitative estimate of drug-likeness (QED) is 0.679. The second-order valence-electron chi connectivity index (χ2n) is 8.57. The molecule has 146 valence electrons. The van der Waals surface area contributed by atoms with E-state index in [9.17, 15) is 9.90 Å². The number of hydrogen-bond donors (Lipinski definition) is 3. The standard InChI is InChI=1S/C18H32N4O3Si/c1-18(2,3)26(4,5)25-12-13-8-14(10-21-9-13)22(17(23)24)16-6-7-20-11-15(16)19/h6-7,11,13-14,21H,8-10,12,19H2,1-5H3,(H,23,24). The van der Waals surface area contributed by atoms with Gasteiger partial charge in [0.2, 0.25) is 0 Å². The average molecular weight is 381 g/mol. The van der Waals surface area contributed by atoms with Gasteiger partial charge in [0.1, 0.15) is 0 Å². The van der Waals surface area contributed by atoms with Crippen molar-refractivity contribution in [1.29, 1.82) is 0 Å². The summed E-state index contributed by atoms with van der Waals surface area (Å²) in [6, 6.07) is 1.47. The minimum atomic E-state index is -1.82. The first-order valence-corrected chi connectivity index (χ1v) is 12.0. The van der Waals surface area contributed by atoms with Gasteiger partial charge in [-0.3, -0.25) is 9.88 Å². The van der Waals surface area contributed by atoms with Crippen LogP contribution in [0.25, 0.3) is 0 Å². The van der Waals surface area contributed by atoms with E-state index < -0.39 is 14.4 Å². The molecular formula is C18H32N4O3Si. The largest absolute Gasteiger partial charge is 0.465 e. The summed E-state index contributed by atoms with van der Waals surface area (Å²) in [7, 11) is -1.82. The fourth-order valence-corrected chi connectivity index (χ4v) is 4.03. The molecule has 0 bridgehead atoms. The van der Waals surface area contributed by atoms with Crippen LogP contribution in [0.2, 0.25) is 18.1 Å². The van der Waals surface area contributed by atoms with Crippen LogP contribution in [0.4, 0.5) is 16.2 Å². The predicted octanol–water partition coefficient (Wildman–Crippen LogP) is 3.15. The maximum Gasteiger partial charge on any atom is 0.412 e. The zero-order valence-electron chi connectivity index (χ0n) is 16.5. The highest BCUT2D eigenvalue weighted by Crippen LogP contribution is 2.37. The van der Waals surface area contributed by atoms with Gasteiger partial charge in [-0.25, -0.2) is 4.79 Å². The molecule has 2 unspecified atom stereocenters. The van der Waals surface area contributed by atoms with Crippen molar-refractivity contribution in [3.05, 3.63) is 18.5 Å². The molecule has 1 amide bonds. The number of anilines is 2. The highest BCUT2D eigenvalue weighted by molar-refractivity contribution is 6.74. The summed E-state index contributed by atoms with van der Waals surface area (Å²) >= 11 is 0. The summed E-state index contributed by atoms with van der Waals surface area (Å²) in [6.07, 6.45) is 2.80. The molecule has 7 nitrogen and oxygen atoms in total. The Kier molecular flexibility index (Phi) is 6.31. The first-order chi connectivity index (χ1) is 12.0. The number of nitrogens with zero attached hydrogens (tertiary/aromatic N) is 2. The minimum Gasteiger partial charge on any atom is -0.465 e. The van der Waals surface area contributed by atoms with E-state index in [1.807, 2.05) is 0 Å². The number of rotatable bonds is 5. The van der Waals surface area contributed by atoms with E-state index in [0.717, 1.165) is 13.0 Å². The van der Waals surface area contributed by atoms with Crippen LogP contribution < -0.4 is 16.0 Å². The van der Waals surface area contributed by atoms with Crippen LogP contribution in [0.15, 0.2) is 18.5 Å². The summed E-state index contributed by atoms with van der Waals surface area (Å²) in [5, 5.41) is 13.3. The number of carbonyl (C=O) groups is 1. The summed E-state index contributed by atoms with van der Waals surface area (Å²) in [4.78, 5) is 17.2. The number of nitrogen functional groups attached to an aromatic ring is 1. The fourth-order valence-electron chi connectivity index (χ4n) is 2.95. The summed E-state index contributed by atoms with van der Waals surface area (Å²) in [5.74, 6) is 0.271. The van der Waals surface area contributed by atoms with Gasteiger partial charge in [-0.1, -0.05) is 20.8 Å². The molecule has 1 fully saturated rings. The summed E-state index contributed by atoms with van der Waals surface area (Å²) < 4.78 is 6.35. The van der Waals surface area contributed by atoms with Crippen LogP contribution >= 0.6 is 0 Å². The molecule has 26 heavy (non-hydrogen) atoms. The van der Waals surface area contributed by atoms with Gasteiger partial charge in [-0.05, 0) is 36.5 Å². The Morgan fingerprint density at radius 1 is 1.46 bits per heavy atom. The minimum absolute atomic E-state index is 0.160. The molecule has 1 aliphatic heterocycles. The second kappa shape index (κ2) is 7.94. The number of amides is 1. The molecule has 1 aliphatic rings. The molecule has 8 heteroatoms. The van der Waals surface area contributed by atoms with E-state index in [0.29, 0.717) is 24.5 Å². The van der Waals surface area contributed by atoms with Gasteiger partial charge < -0.3 is 20.6 Å². The third-order valence-corrected chi connectivity index (χ3v) is 10.1. The Morgan fingerprint density at radius 3 is 2.73 bits per heavy atom. The predicted molar refractivity (Wildman–Crippen MR) is 107 cm³/mol. The molecule has 4 N–H and O–H groups in total. The third-order valence-electron chi connectivity index (χ3n) is 5.56. The molecule has 1 aromatic heterocycles. The number of piperidine rings is 1. The van der Waals surface area contributed by atoms with Crippen molar-refractivity contribution in [2.75, 3.05) is 30.3 Å². The third kappa shape index (κ3) is 4.75. The van der Waals surface area contributed by atoms with Crippen molar-refractivity contribution >= 4 is 25.8 Å². The number of pyridine rings is 1. The number of aromatic nitrogens is 1. The second-order valence-corrected chi connectivity index (χ2v) is 13.4. The van der Waals surface area contributed by atoms with Crippen molar-refractivity contribution in [2.24, 2.45) is 5.92 Å². The molecule has 0 saturated carbocycles. The van der Waals surface area contributed by atoms with Gasteiger partial charge in [-0.2, -0.15) is 0 Å². The number of nitrogens with two attached hydrogens (primary N) is 1. The Bertz CT molecular complexity index is 633. The van der Waals surface area contributed by atoms with Gasteiger partial charge in [0, 0.05) is 25.9 Å². The first kappa shape index (κ1) is 20.7. The fraction of sp³-hybridized carbons (Fsp3) is 0.667. The van der Waals surface area contributed by atoms with Crippen LogP contribution in [0.5, 0.6) is 0 Å². The zero-order chi connectivity index (χ0) is 19.5. The van der Waals surface area contributed by atoms with Gasteiger partial charge >= 0.3 is 6.09 Å². The maximum absolute atomic E-state index is 11.9. The zero-order valence-corrected chi connectivity index (χ0v) is 17.5. The van der Waals surface area contributed by atoms with Crippen LogP contribution in [-0.2, 0) is 4.43 Å². The Labute approximate surface area is 157 Å². The molecule has 1 aromatic rings. The Balaban J connectivity index is 2.09. The average Bonchev–Trinajstić information content (AvgIpc) is 2.54. The monoisotopic (exact) mass is 380 g/mol. The molecule has 0 aromatic carbocycles. The normalized spacial score (nSPS) is 21.4. The molecule has 2 heterocycles. The number of nitrogens with one attached hydrogen (secondary N) is 1. The Morgan fingerprint density at radius 2 is 2.15 bits per heavy atom. The lowest BCUT2D eigenvalue weighted by Crippen LogP contribution is -2.53. The summed E-state index contributed by atoms with van der Waals surface area (Å²) in [6.45, 7) is 13.2. The van der Waals surface area contributed by atoms with E-state index in [1.165, 1.54) is 11.1 Å². The van der Waals surface area contributed by atoms with Crippen molar-refractivity contribution in [3.63, 3.8) is 0 Å². The van der Waals surface area contributed by atoms with Gasteiger partial charge in [0.15, 0.2) is 8.32 Å². The summed E-state index contributed by atoms with van der Waals surface area (Å²) in [5.41, 5.74) is 6.82. The molecule has 0 aliphatic carbocycles. The lowest BCUT2D eigenvalue weighted by atomic mass is 9.95. The maximum atomic E-state index is 11.9. The van der Waals surface area contributed by atoms with Gasteiger partial charge in [0.25, 0.3) is 0 Å². The SMILES string of the molecule is CC(C)(C)[Si](C)(C)OCC1CNCC(N(C(=O)O)c2ccncc2N)C1. The van der Waals surface area contributed by atoms with Crippen LogP contribution in [0.1, 0.15) is 27.2 Å². The van der Waals surface area contributed by atoms with Crippen LogP contribution in [0, 0.1) is 5.92 Å². The van der Waals surface area contributed by atoms with Gasteiger partial charge in [-0.15, -0.1) is 0 Å². The van der Waals surface area contributed by atoms with Crippen molar-refractivity contribution in [1.82, 2.24) is 10.3 Å². The molecule has 2 atom stereocenters. The van der Waals surface area contributed by atoms with Crippen LogP contribution in [0.3, 0.4) is 0 Å². The molecule has 0 spiro atoms. The van der Waals surface area contributed by atoms with Crippen molar-refractivity contribution in [3.8, 4) is 0 Å². The molecule has 1 saturated heterocycles. The number of carboxylic acid groups (broad SMARTS) is 1. The lowest BCUT2D eigenvalue weighted by molar-refractivity contribution is 0.177. The van der Waals surface area contributed by atoms with E-state index in [4.69, 9.17) is 10.2 Å². The van der Waals surface area contributed by atoms with Crippen molar-refractivity contribution < 1.29 is 14.3 Å². The van der Waals surface area contributed by atoms with Crippen molar-refractivity contribution in [2.45, 2.75) is 51.4 Å².